The van der Waals surface area contributed by atoms with E-state index in [0.29, 0.717) is 39.1 Å². The number of benzene rings is 7. The summed E-state index contributed by atoms with van der Waals surface area (Å²) in [7, 11) is 0. The normalized spacial score (nSPS) is 12.8. The first-order chi connectivity index (χ1) is 29.6. The Balaban J connectivity index is 1.11. The van der Waals surface area contributed by atoms with E-state index in [1.54, 1.807) is 6.20 Å². The molecule has 0 aliphatic rings. The van der Waals surface area contributed by atoms with Crippen molar-refractivity contribution < 1.29 is 14.8 Å². The van der Waals surface area contributed by atoms with E-state index >= 15 is 0 Å². The van der Waals surface area contributed by atoms with Gasteiger partial charge in [0.05, 0.1) is 16.5 Å². The summed E-state index contributed by atoms with van der Waals surface area (Å²) in [4.78, 5) is 4.74. The molecule has 0 bridgehead atoms. The van der Waals surface area contributed by atoms with Crippen LogP contribution in [-0.4, -0.2) is 14.1 Å². The topological polar surface area (TPSA) is 35.9 Å². The van der Waals surface area contributed by atoms with Gasteiger partial charge in [-0.05, 0) is 76.7 Å². The van der Waals surface area contributed by atoms with Crippen LogP contribution in [0.5, 0.6) is 11.5 Å². The maximum Gasteiger partial charge on any atom is 0.255 e. The van der Waals surface area contributed by atoms with Crippen LogP contribution in [0.3, 0.4) is 0 Å². The maximum atomic E-state index is 9.01. The Morgan fingerprint density at radius 1 is 0.596 bits per heavy atom. The van der Waals surface area contributed by atoms with Gasteiger partial charge in [-0.25, -0.2) is 4.98 Å². The van der Waals surface area contributed by atoms with Gasteiger partial charge in [-0.15, -0.1) is 0 Å². The van der Waals surface area contributed by atoms with Crippen LogP contribution in [0.2, 0.25) is 0 Å². The quantitative estimate of drug-likeness (QED) is 0.153. The van der Waals surface area contributed by atoms with E-state index in [1.807, 2.05) is 65.2 Å². The van der Waals surface area contributed by atoms with Crippen LogP contribution in [0.15, 0.2) is 194 Å². The van der Waals surface area contributed by atoms with E-state index in [0.717, 1.165) is 50.2 Å². The molecule has 0 aliphatic heterocycles. The highest BCUT2D eigenvalue weighted by molar-refractivity contribution is 6.09. The highest BCUT2D eigenvalue weighted by atomic mass is 16.5. The van der Waals surface area contributed by atoms with Gasteiger partial charge in [-0.3, -0.25) is 4.57 Å². The molecule has 5 nitrogen and oxygen atoms in total. The van der Waals surface area contributed by atoms with Crippen LogP contribution in [0, 0.1) is 0 Å². The lowest BCUT2D eigenvalue weighted by molar-refractivity contribution is -0.566. The summed E-state index contributed by atoms with van der Waals surface area (Å²) in [5, 5.41) is 1.12. The summed E-state index contributed by atoms with van der Waals surface area (Å²) < 4.78 is 48.0. The van der Waals surface area contributed by atoms with Crippen molar-refractivity contribution in [3.05, 3.63) is 200 Å². The van der Waals surface area contributed by atoms with Gasteiger partial charge in [0, 0.05) is 40.2 Å². The van der Waals surface area contributed by atoms with Crippen molar-refractivity contribution in [1.29, 1.82) is 0 Å². The Labute approximate surface area is 337 Å². The minimum absolute atomic E-state index is 0.0911. The number of pyridine rings is 1. The van der Waals surface area contributed by atoms with Crippen molar-refractivity contribution in [2.75, 3.05) is 0 Å². The van der Waals surface area contributed by atoms with Gasteiger partial charge in [0.2, 0.25) is 0 Å². The third-order valence-corrected chi connectivity index (χ3v) is 10.6. The van der Waals surface area contributed by atoms with Gasteiger partial charge < -0.3 is 4.74 Å². The molecule has 0 amide bonds. The zero-order chi connectivity index (χ0) is 42.0. The second-order valence-corrected chi connectivity index (χ2v) is 15.3. The molecule has 57 heavy (non-hydrogen) atoms. The molecule has 0 unspecified atom stereocenters. The number of imidazole rings is 1. The van der Waals surface area contributed by atoms with E-state index in [9.17, 15) is 0 Å². The molecule has 10 rings (SSSR count). The van der Waals surface area contributed by atoms with E-state index < -0.39 is 0 Å². The molecular weight excluding hydrogens is 697 g/mol. The van der Waals surface area contributed by atoms with Crippen molar-refractivity contribution in [3.63, 3.8) is 0 Å². The predicted octanol–water partition coefficient (Wildman–Crippen LogP) is 12.8. The largest absolute Gasteiger partial charge is 0.457 e. The van der Waals surface area contributed by atoms with Gasteiger partial charge in [-0.1, -0.05) is 136 Å². The fourth-order valence-electron chi connectivity index (χ4n) is 7.84. The molecule has 3 aromatic heterocycles. The van der Waals surface area contributed by atoms with E-state index in [4.69, 9.17) is 15.2 Å². The lowest BCUT2D eigenvalue weighted by atomic mass is 9.88. The summed E-state index contributed by atoms with van der Waals surface area (Å²) in [5.74, 6) is 1.73. The molecule has 0 saturated carbocycles. The summed E-state index contributed by atoms with van der Waals surface area (Å²) in [6.45, 7) is 6.39. The fraction of sp³-hybridized carbons (Fsp3) is 0.0769. The van der Waals surface area contributed by atoms with E-state index in [-0.39, 0.29) is 29.6 Å². The van der Waals surface area contributed by atoms with Crippen molar-refractivity contribution in [2.45, 2.75) is 26.2 Å². The number of aromatic nitrogens is 4. The standard InChI is InChI=1S/C52H41N4O/c1-52(2,3)38-30-31-53-50(32-38)56-46-25-11-10-22-44(46)45-29-28-41(34-49(45)56)57-40-21-14-20-39(33-40)54-35-55(48-27-13-12-26-47(48)54)51-42(36-16-6-4-7-17-36)23-15-24-43(51)37-18-8-5-9-19-37/h4-35H,1-3H3/q+1/i10D,11D,22D,25D. The molecule has 0 atom stereocenters. The Morgan fingerprint density at radius 3 is 2.04 bits per heavy atom. The number of ether oxygens (including phenoxy) is 1. The molecule has 7 aromatic carbocycles. The fourth-order valence-corrected chi connectivity index (χ4v) is 7.84. The zero-order valence-electron chi connectivity index (χ0n) is 35.9. The third-order valence-electron chi connectivity index (χ3n) is 10.6. The number of hydrogen-bond donors (Lipinski definition) is 0. The summed E-state index contributed by atoms with van der Waals surface area (Å²) in [6, 6.07) is 52.7. The number of nitrogens with zero attached hydrogens (tertiary/aromatic N) is 4. The minimum Gasteiger partial charge on any atom is -0.457 e. The van der Waals surface area contributed by atoms with Crippen molar-refractivity contribution in [2.24, 2.45) is 0 Å². The highest BCUT2D eigenvalue weighted by Crippen LogP contribution is 2.37. The highest BCUT2D eigenvalue weighted by Gasteiger charge is 2.25. The number of fused-ring (bicyclic) bond motifs is 4. The Hall–Kier alpha value is -7.24. The van der Waals surface area contributed by atoms with Crippen LogP contribution in [0.25, 0.3) is 72.3 Å². The van der Waals surface area contributed by atoms with Gasteiger partial charge in [0.25, 0.3) is 6.33 Å². The zero-order valence-corrected chi connectivity index (χ0v) is 31.9. The van der Waals surface area contributed by atoms with Gasteiger partial charge in [-0.2, -0.15) is 9.13 Å². The smallest absolute Gasteiger partial charge is 0.255 e. The van der Waals surface area contributed by atoms with Crippen LogP contribution >= 0.6 is 0 Å². The number of para-hydroxylation sites is 4. The molecule has 3 heterocycles. The average molecular weight is 742 g/mol. The first-order valence-corrected chi connectivity index (χ1v) is 19.1. The Kier molecular flexibility index (Phi) is 7.27. The van der Waals surface area contributed by atoms with Crippen LogP contribution in [0.4, 0.5) is 0 Å². The van der Waals surface area contributed by atoms with Crippen molar-refractivity contribution >= 4 is 32.8 Å². The third kappa shape index (κ3) is 6.14. The first-order valence-electron chi connectivity index (χ1n) is 21.1. The molecule has 0 N–H and O–H groups in total. The van der Waals surface area contributed by atoms with Crippen LogP contribution in [0.1, 0.15) is 31.8 Å². The van der Waals surface area contributed by atoms with E-state index in [1.165, 1.54) is 0 Å². The second kappa shape index (κ2) is 13.8. The van der Waals surface area contributed by atoms with Gasteiger partial charge in [0.1, 0.15) is 28.7 Å². The lowest BCUT2D eigenvalue weighted by Crippen LogP contribution is -2.30. The molecule has 5 heteroatoms. The summed E-state index contributed by atoms with van der Waals surface area (Å²) in [5.41, 5.74) is 10.5. The SMILES string of the molecule is [2H]c1c([2H])c([2H])c2c(c1[2H])c1ccc(Oc3cccc(-n4c[n+](-c5c(-c6ccccc6)cccc5-c5ccccc5)c5ccccc54)c3)cc1n2-c1cc(C(C)(C)C)ccn1. The molecular formula is C52H41N4O+. The van der Waals surface area contributed by atoms with Gasteiger partial charge in [0.15, 0.2) is 11.0 Å². The van der Waals surface area contributed by atoms with Crippen molar-refractivity contribution in [1.82, 2.24) is 14.1 Å². The molecule has 0 radical (unpaired) electrons. The number of hydrogen-bond acceptors (Lipinski definition) is 2. The monoisotopic (exact) mass is 741 g/mol. The molecule has 0 aliphatic carbocycles. The second-order valence-electron chi connectivity index (χ2n) is 15.3. The molecule has 10 aromatic rings. The summed E-state index contributed by atoms with van der Waals surface area (Å²) >= 11 is 0. The Bertz CT molecular complexity index is 3260. The lowest BCUT2D eigenvalue weighted by Gasteiger charge is -2.20. The van der Waals surface area contributed by atoms with Crippen LogP contribution in [-0.2, 0) is 5.41 Å². The molecule has 274 valence electrons. The predicted molar refractivity (Wildman–Crippen MR) is 233 cm³/mol. The number of rotatable bonds is 7. The van der Waals surface area contributed by atoms with Gasteiger partial charge >= 0.3 is 0 Å². The van der Waals surface area contributed by atoms with E-state index in [2.05, 4.69) is 133 Å². The average Bonchev–Trinajstić information content (AvgIpc) is 3.84. The molecule has 0 spiro atoms. The summed E-state index contributed by atoms with van der Waals surface area (Å²) in [6.07, 6.45) is 3.90. The minimum atomic E-state index is -0.291. The molecule has 0 fully saturated rings. The van der Waals surface area contributed by atoms with Crippen molar-refractivity contribution in [3.8, 4) is 50.9 Å². The van der Waals surface area contributed by atoms with Crippen LogP contribution < -0.4 is 9.30 Å². The first kappa shape index (κ1) is 30.0. The molecule has 0 saturated heterocycles. The Morgan fingerprint density at radius 2 is 1.28 bits per heavy atom. The maximum absolute atomic E-state index is 9.01.